The zero-order valence-corrected chi connectivity index (χ0v) is 13.6. The predicted molar refractivity (Wildman–Crippen MR) is 82.4 cm³/mol. The van der Waals surface area contributed by atoms with Gasteiger partial charge in [-0.15, -0.1) is 0 Å². The third-order valence-electron chi connectivity index (χ3n) is 4.86. The summed E-state index contributed by atoms with van der Waals surface area (Å²) in [4.78, 5) is 23.7. The first-order chi connectivity index (χ1) is 11.4. The summed E-state index contributed by atoms with van der Waals surface area (Å²) in [5.74, 6) is 0.220. The van der Waals surface area contributed by atoms with Gasteiger partial charge >= 0.3 is 6.18 Å². The number of rotatable bonds is 3. The molecule has 2 aliphatic heterocycles. The van der Waals surface area contributed by atoms with Crippen LogP contribution in [0.4, 0.5) is 19.1 Å². The molecule has 2 fully saturated rings. The Balaban J connectivity index is 1.85. The second-order valence-electron chi connectivity index (χ2n) is 6.29. The van der Waals surface area contributed by atoms with Gasteiger partial charge in [0.1, 0.15) is 5.69 Å². The van der Waals surface area contributed by atoms with Gasteiger partial charge in [-0.1, -0.05) is 6.92 Å². The van der Waals surface area contributed by atoms with E-state index in [1.807, 2.05) is 16.7 Å². The molecule has 0 N–H and O–H groups in total. The number of aromatic nitrogens is 2. The highest BCUT2D eigenvalue weighted by Crippen LogP contribution is 2.34. The molecule has 2 aliphatic rings. The summed E-state index contributed by atoms with van der Waals surface area (Å²) in [7, 11) is 0. The summed E-state index contributed by atoms with van der Waals surface area (Å²) in [6.07, 6.45) is 0.653. The molecule has 0 unspecified atom stereocenters. The molecule has 2 saturated heterocycles. The lowest BCUT2D eigenvalue weighted by Gasteiger charge is -2.35. The smallest absolute Gasteiger partial charge is 0.338 e. The average molecular weight is 342 g/mol. The van der Waals surface area contributed by atoms with Crippen LogP contribution in [0.15, 0.2) is 12.3 Å². The fraction of sp³-hybridized carbons (Fsp3) is 0.688. The first-order valence-corrected chi connectivity index (χ1v) is 8.38. The van der Waals surface area contributed by atoms with Crippen LogP contribution in [0.25, 0.3) is 0 Å². The molecule has 1 aromatic heterocycles. The van der Waals surface area contributed by atoms with Crippen molar-refractivity contribution in [3.8, 4) is 0 Å². The van der Waals surface area contributed by atoms with Crippen molar-refractivity contribution in [1.82, 2.24) is 14.9 Å². The van der Waals surface area contributed by atoms with Crippen molar-refractivity contribution >= 4 is 11.9 Å². The molecular weight excluding hydrogens is 321 g/mol. The normalized spacial score (nSPS) is 24.7. The number of hydrogen-bond donors (Lipinski definition) is 0. The second-order valence-corrected chi connectivity index (χ2v) is 6.29. The lowest BCUT2D eigenvalue weighted by Crippen LogP contribution is -2.48. The number of nitrogens with zero attached hydrogens (tertiary/aromatic N) is 4. The average Bonchev–Trinajstić information content (AvgIpc) is 3.21. The van der Waals surface area contributed by atoms with E-state index in [0.717, 1.165) is 44.5 Å². The van der Waals surface area contributed by atoms with Gasteiger partial charge in [-0.2, -0.15) is 13.2 Å². The highest BCUT2D eigenvalue weighted by atomic mass is 19.4. The Bertz CT molecular complexity index is 607. The quantitative estimate of drug-likeness (QED) is 0.848. The van der Waals surface area contributed by atoms with E-state index in [2.05, 4.69) is 9.97 Å². The second kappa shape index (κ2) is 6.57. The van der Waals surface area contributed by atoms with E-state index in [1.165, 1.54) is 0 Å². The van der Waals surface area contributed by atoms with Crippen LogP contribution < -0.4 is 4.90 Å². The SMILES string of the molecule is CCC(=O)N1CCC[C@@H]1[C@H]1CCCN1c1nccc(C(F)(F)F)n1. The van der Waals surface area contributed by atoms with E-state index in [-0.39, 0.29) is 23.9 Å². The van der Waals surface area contributed by atoms with E-state index in [4.69, 9.17) is 0 Å². The first kappa shape index (κ1) is 17.0. The minimum absolute atomic E-state index is 0.00789. The topological polar surface area (TPSA) is 49.3 Å². The monoisotopic (exact) mass is 342 g/mol. The van der Waals surface area contributed by atoms with Crippen LogP contribution in [-0.2, 0) is 11.0 Å². The molecule has 1 amide bonds. The Morgan fingerprint density at radius 2 is 1.96 bits per heavy atom. The Morgan fingerprint density at radius 1 is 1.25 bits per heavy atom. The van der Waals surface area contributed by atoms with E-state index in [9.17, 15) is 18.0 Å². The Kier molecular flexibility index (Phi) is 4.64. The van der Waals surface area contributed by atoms with Crippen molar-refractivity contribution < 1.29 is 18.0 Å². The number of carbonyl (C=O) groups excluding carboxylic acids is 1. The third kappa shape index (κ3) is 3.18. The maximum absolute atomic E-state index is 12.9. The Labute approximate surface area is 138 Å². The number of carbonyl (C=O) groups is 1. The highest BCUT2D eigenvalue weighted by Gasteiger charge is 2.41. The molecule has 0 spiro atoms. The maximum Gasteiger partial charge on any atom is 0.433 e. The molecule has 8 heteroatoms. The van der Waals surface area contributed by atoms with Crippen LogP contribution in [-0.4, -0.2) is 45.9 Å². The number of alkyl halides is 3. The molecule has 24 heavy (non-hydrogen) atoms. The minimum atomic E-state index is -4.48. The molecule has 132 valence electrons. The minimum Gasteiger partial charge on any atom is -0.338 e. The van der Waals surface area contributed by atoms with Crippen molar-refractivity contribution in [2.24, 2.45) is 0 Å². The van der Waals surface area contributed by atoms with Gasteiger partial charge in [0.25, 0.3) is 0 Å². The maximum atomic E-state index is 12.9. The molecule has 2 atom stereocenters. The van der Waals surface area contributed by atoms with Crippen LogP contribution in [0.1, 0.15) is 44.7 Å². The van der Waals surface area contributed by atoms with Gasteiger partial charge < -0.3 is 9.80 Å². The van der Waals surface area contributed by atoms with Crippen LogP contribution in [0.2, 0.25) is 0 Å². The van der Waals surface area contributed by atoms with Crippen LogP contribution in [0.5, 0.6) is 0 Å². The van der Waals surface area contributed by atoms with Crippen LogP contribution in [0, 0.1) is 0 Å². The molecule has 0 aliphatic carbocycles. The van der Waals surface area contributed by atoms with Gasteiger partial charge in [-0.05, 0) is 31.7 Å². The van der Waals surface area contributed by atoms with Crippen LogP contribution in [0.3, 0.4) is 0 Å². The molecule has 0 aromatic carbocycles. The summed E-state index contributed by atoms with van der Waals surface area (Å²) in [6, 6.07) is 0.918. The molecule has 3 rings (SSSR count). The lowest BCUT2D eigenvalue weighted by molar-refractivity contribution is -0.141. The number of anilines is 1. The van der Waals surface area contributed by atoms with Crippen molar-refractivity contribution in [3.05, 3.63) is 18.0 Å². The summed E-state index contributed by atoms with van der Waals surface area (Å²) in [5.41, 5.74) is -0.925. The molecular formula is C16H21F3N4O. The zero-order chi connectivity index (χ0) is 17.3. The van der Waals surface area contributed by atoms with Gasteiger partial charge in [0, 0.05) is 25.7 Å². The summed E-state index contributed by atoms with van der Waals surface area (Å²) >= 11 is 0. The van der Waals surface area contributed by atoms with Gasteiger partial charge in [-0.25, -0.2) is 9.97 Å². The van der Waals surface area contributed by atoms with E-state index in [0.29, 0.717) is 13.0 Å². The molecule has 0 radical (unpaired) electrons. The van der Waals surface area contributed by atoms with Crippen molar-refractivity contribution in [3.63, 3.8) is 0 Å². The largest absolute Gasteiger partial charge is 0.433 e. The number of likely N-dealkylation sites (tertiary alicyclic amines) is 1. The van der Waals surface area contributed by atoms with Gasteiger partial charge in [0.05, 0.1) is 12.1 Å². The number of hydrogen-bond acceptors (Lipinski definition) is 4. The highest BCUT2D eigenvalue weighted by molar-refractivity contribution is 5.76. The van der Waals surface area contributed by atoms with Crippen molar-refractivity contribution in [1.29, 1.82) is 0 Å². The molecule has 0 bridgehead atoms. The van der Waals surface area contributed by atoms with Crippen molar-refractivity contribution in [2.75, 3.05) is 18.0 Å². The Hall–Kier alpha value is -1.86. The molecule has 3 heterocycles. The predicted octanol–water partition coefficient (Wildman–Crippen LogP) is 2.87. The van der Waals surface area contributed by atoms with E-state index < -0.39 is 11.9 Å². The van der Waals surface area contributed by atoms with Gasteiger partial charge in [0.15, 0.2) is 0 Å². The van der Waals surface area contributed by atoms with E-state index >= 15 is 0 Å². The zero-order valence-electron chi connectivity index (χ0n) is 13.6. The molecule has 5 nitrogen and oxygen atoms in total. The number of halogens is 3. The summed E-state index contributed by atoms with van der Waals surface area (Å²) in [6.45, 7) is 3.18. The fourth-order valence-electron chi connectivity index (χ4n) is 3.79. The fourth-order valence-corrected chi connectivity index (χ4v) is 3.79. The lowest BCUT2D eigenvalue weighted by atomic mass is 10.0. The summed E-state index contributed by atoms with van der Waals surface area (Å²) < 4.78 is 38.7. The first-order valence-electron chi connectivity index (χ1n) is 8.38. The molecule has 0 saturated carbocycles. The van der Waals surface area contributed by atoms with Gasteiger partial charge in [0.2, 0.25) is 11.9 Å². The molecule has 1 aromatic rings. The van der Waals surface area contributed by atoms with Crippen molar-refractivity contribution in [2.45, 2.75) is 57.3 Å². The summed E-state index contributed by atoms with van der Waals surface area (Å²) in [5, 5.41) is 0. The van der Waals surface area contributed by atoms with E-state index in [1.54, 1.807) is 0 Å². The van der Waals surface area contributed by atoms with Crippen LogP contribution >= 0.6 is 0 Å². The van der Waals surface area contributed by atoms with Gasteiger partial charge in [-0.3, -0.25) is 4.79 Å². The number of amides is 1. The standard InChI is InChI=1S/C16H21F3N4O/c1-2-14(24)22-9-3-5-11(22)12-6-4-10-23(12)15-20-8-7-13(21-15)16(17,18)19/h7-8,11-12H,2-6,9-10H2,1H3/t11-,12-/m1/s1. The third-order valence-corrected chi connectivity index (χ3v) is 4.86. The Morgan fingerprint density at radius 3 is 2.67 bits per heavy atom.